The number of fused-ring (bicyclic) bond motifs is 2. The second-order valence-corrected chi connectivity index (χ2v) is 12.4. The zero-order chi connectivity index (χ0) is 14.4. The summed E-state index contributed by atoms with van der Waals surface area (Å²) in [5.74, 6) is 0. The molecule has 0 fully saturated rings. The molecule has 1 aliphatic rings. The number of halogens is 2. The molecule has 4 rings (SSSR count). The predicted octanol–water partition coefficient (Wildman–Crippen LogP) is 5.04. The fraction of sp³-hybridized carbons (Fsp3) is 0.105. The van der Waals surface area contributed by atoms with E-state index in [1.807, 2.05) is 0 Å². The van der Waals surface area contributed by atoms with Crippen LogP contribution in [0.1, 0.15) is 15.3 Å². The zero-order valence-electron chi connectivity index (χ0n) is 13.0. The number of nitrogens with one attached hydrogen (secondary N) is 1. The van der Waals surface area contributed by atoms with Gasteiger partial charge >= 0.3 is 128 Å². The van der Waals surface area contributed by atoms with E-state index in [0.717, 1.165) is 0 Å². The first kappa shape index (κ1) is 18.2. The monoisotopic (exact) mass is 380 g/mol. The molecule has 23 heavy (non-hydrogen) atoms. The third-order valence-corrected chi connectivity index (χ3v) is 9.90. The summed E-state index contributed by atoms with van der Waals surface area (Å²) in [6, 6.07) is 19.5. The maximum atomic E-state index is 4.72. The van der Waals surface area contributed by atoms with Crippen molar-refractivity contribution in [1.29, 1.82) is 0 Å². The van der Waals surface area contributed by atoms with Gasteiger partial charge in [0.1, 0.15) is 0 Å². The molecule has 2 unspecified atom stereocenters. The van der Waals surface area contributed by atoms with E-state index in [-0.39, 0.29) is 24.8 Å². The van der Waals surface area contributed by atoms with Crippen LogP contribution in [0, 0.1) is 0 Å². The molecule has 1 heterocycles. The first-order valence-electron chi connectivity index (χ1n) is 7.37. The van der Waals surface area contributed by atoms with Gasteiger partial charge in [0, 0.05) is 0 Å². The summed E-state index contributed by atoms with van der Waals surface area (Å²) in [5, 5.41) is 3.70. The Morgan fingerprint density at radius 3 is 2.48 bits per heavy atom. The average molecular weight is 381 g/mol. The van der Waals surface area contributed by atoms with Gasteiger partial charge in [-0.2, -0.15) is 0 Å². The number of H-pyrrole nitrogens is 1. The van der Waals surface area contributed by atoms with Crippen molar-refractivity contribution in [1.82, 2.24) is 4.98 Å². The fourth-order valence-corrected chi connectivity index (χ4v) is 7.59. The van der Waals surface area contributed by atoms with Crippen LogP contribution in [0.4, 0.5) is 0 Å². The average Bonchev–Trinajstić information content (AvgIpc) is 3.11. The zero-order valence-corrected chi connectivity index (χ0v) is 16.1. The number of hydrogen-bond acceptors (Lipinski definition) is 0. The van der Waals surface area contributed by atoms with Crippen LogP contribution >= 0.6 is 24.8 Å². The van der Waals surface area contributed by atoms with Gasteiger partial charge in [-0.25, -0.2) is 0 Å². The molecule has 1 aromatic heterocycles. The number of benzene rings is 2. The van der Waals surface area contributed by atoms with Crippen molar-refractivity contribution < 1.29 is 16.1 Å². The van der Waals surface area contributed by atoms with Gasteiger partial charge in [-0.15, -0.1) is 24.8 Å². The quantitative estimate of drug-likeness (QED) is 0.599. The van der Waals surface area contributed by atoms with E-state index in [9.17, 15) is 0 Å². The number of para-hydroxylation sites is 1. The molecule has 0 saturated heterocycles. The summed E-state index contributed by atoms with van der Waals surface area (Å²) in [4.78, 5) is 8.35. The van der Waals surface area contributed by atoms with Gasteiger partial charge in [0.15, 0.2) is 0 Å². The van der Waals surface area contributed by atoms with Gasteiger partial charge < -0.3 is 0 Å². The van der Waals surface area contributed by atoms with Crippen LogP contribution in [-0.4, -0.2) is 9.80 Å². The molecular formula is C19H20Cl2NTi. The molecule has 0 saturated carbocycles. The summed E-state index contributed by atoms with van der Waals surface area (Å²) < 4.78 is 1.87. The SMILES string of the molecule is Cl.Cl.[CH2]=[Ti]([CH3])([c]1cc2ccccc2[nH]1)[CH]1C=Cc2ccccc21. The van der Waals surface area contributed by atoms with Crippen LogP contribution in [0.3, 0.4) is 0 Å². The van der Waals surface area contributed by atoms with E-state index < -0.39 is 16.1 Å². The molecule has 0 spiro atoms. The van der Waals surface area contributed by atoms with Gasteiger partial charge in [0.05, 0.1) is 0 Å². The summed E-state index contributed by atoms with van der Waals surface area (Å²) in [6.45, 7) is 0. The molecule has 2 aromatic carbocycles. The Hall–Kier alpha value is -1.12. The Labute approximate surface area is 152 Å². The Balaban J connectivity index is 0.000000960. The third-order valence-electron chi connectivity index (χ3n) is 4.63. The number of aromatic nitrogens is 1. The van der Waals surface area contributed by atoms with Gasteiger partial charge in [-0.05, 0) is 0 Å². The predicted molar refractivity (Wildman–Crippen MR) is 104 cm³/mol. The minimum absolute atomic E-state index is 0. The van der Waals surface area contributed by atoms with Crippen molar-refractivity contribution >= 4 is 50.6 Å². The second kappa shape index (κ2) is 6.79. The van der Waals surface area contributed by atoms with E-state index in [1.54, 1.807) is 0 Å². The second-order valence-electron chi connectivity index (χ2n) is 6.15. The van der Waals surface area contributed by atoms with Crippen molar-refractivity contribution in [2.75, 3.05) is 0 Å². The summed E-state index contributed by atoms with van der Waals surface area (Å²) in [5.41, 5.74) is 4.04. The first-order valence-corrected chi connectivity index (χ1v) is 11.7. The number of aromatic amines is 1. The van der Waals surface area contributed by atoms with Crippen molar-refractivity contribution in [2.24, 2.45) is 0 Å². The topological polar surface area (TPSA) is 15.8 Å². The van der Waals surface area contributed by atoms with Crippen LogP contribution in [0.15, 0.2) is 60.7 Å². The van der Waals surface area contributed by atoms with E-state index in [0.29, 0.717) is 4.22 Å². The number of rotatable bonds is 2. The summed E-state index contributed by atoms with van der Waals surface area (Å²) in [6.07, 6.45) is 4.63. The van der Waals surface area contributed by atoms with E-state index >= 15 is 0 Å². The van der Waals surface area contributed by atoms with Crippen molar-refractivity contribution in [3.8, 4) is 0 Å². The molecule has 1 aliphatic carbocycles. The molecule has 0 amide bonds. The van der Waals surface area contributed by atoms with E-state index in [2.05, 4.69) is 77.0 Å². The Morgan fingerprint density at radius 2 is 1.70 bits per heavy atom. The van der Waals surface area contributed by atoms with Crippen LogP contribution in [-0.2, 0) is 16.1 Å². The minimum atomic E-state index is -2.46. The van der Waals surface area contributed by atoms with Gasteiger partial charge in [0.25, 0.3) is 0 Å². The third kappa shape index (κ3) is 2.99. The molecule has 1 nitrogen and oxygen atoms in total. The standard InChI is InChI=1S/C9H7.C8H6N.CH3.CH2.2ClH.Ti/c1-2-5-9-7-3-6-8(9)4-1;1-2-4-8-7(3-1)5-6-9-8;;;;;/h1-7H;1-5,9H;1H3;1H2;2*1H;. The summed E-state index contributed by atoms with van der Waals surface area (Å²) >= 11 is -2.46. The molecule has 2 atom stereocenters. The molecule has 3 aromatic rings. The molecule has 1 N–H and O–H groups in total. The molecule has 119 valence electrons. The fourth-order valence-electron chi connectivity index (χ4n) is 3.35. The Morgan fingerprint density at radius 1 is 1.00 bits per heavy atom. The van der Waals surface area contributed by atoms with Crippen LogP contribution in [0.5, 0.6) is 0 Å². The maximum absolute atomic E-state index is 4.72. The van der Waals surface area contributed by atoms with Crippen LogP contribution in [0.25, 0.3) is 17.0 Å². The summed E-state index contributed by atoms with van der Waals surface area (Å²) in [7, 11) is 0. The number of allylic oxidation sites excluding steroid dienone is 1. The van der Waals surface area contributed by atoms with Crippen LogP contribution in [0.2, 0.25) is 5.23 Å². The van der Waals surface area contributed by atoms with Crippen molar-refractivity contribution in [2.45, 2.75) is 9.45 Å². The Kier molecular flexibility index (Phi) is 5.38. The van der Waals surface area contributed by atoms with Crippen molar-refractivity contribution in [3.05, 3.63) is 71.8 Å². The molecule has 4 heteroatoms. The molecule has 0 aliphatic heterocycles. The molecule has 0 radical (unpaired) electrons. The molecular weight excluding hydrogens is 361 g/mol. The molecule has 0 bridgehead atoms. The van der Waals surface area contributed by atoms with Gasteiger partial charge in [-0.1, -0.05) is 0 Å². The van der Waals surface area contributed by atoms with Gasteiger partial charge in [0.2, 0.25) is 0 Å². The Bertz CT molecular complexity index is 877. The normalized spacial score (nSPS) is 17.9. The van der Waals surface area contributed by atoms with E-state index in [4.69, 9.17) is 4.82 Å². The van der Waals surface area contributed by atoms with Crippen LogP contribution < -0.4 is 4.00 Å². The van der Waals surface area contributed by atoms with Gasteiger partial charge in [-0.3, -0.25) is 0 Å². The number of hydrogen-bond donors (Lipinski definition) is 1. The van der Waals surface area contributed by atoms with E-state index in [1.165, 1.54) is 26.0 Å². The first-order chi connectivity index (χ1) is 10.2. The van der Waals surface area contributed by atoms with Crippen molar-refractivity contribution in [3.63, 3.8) is 0 Å².